The lowest BCUT2D eigenvalue weighted by molar-refractivity contribution is 0.0635. The molecule has 1 saturated heterocycles. The monoisotopic (exact) mass is 253 g/mol. The van der Waals surface area contributed by atoms with E-state index in [1.54, 1.807) is 11.3 Å². The molecular formula is C14H23NOS. The molecule has 1 aliphatic rings. The van der Waals surface area contributed by atoms with Gasteiger partial charge in [0.15, 0.2) is 0 Å². The average molecular weight is 253 g/mol. The maximum atomic E-state index is 5.86. The lowest BCUT2D eigenvalue weighted by Crippen LogP contribution is -2.34. The van der Waals surface area contributed by atoms with Gasteiger partial charge in [0.1, 0.15) is 0 Å². The van der Waals surface area contributed by atoms with Crippen molar-refractivity contribution < 1.29 is 4.74 Å². The van der Waals surface area contributed by atoms with Crippen LogP contribution >= 0.6 is 11.3 Å². The molecule has 1 aromatic heterocycles. The van der Waals surface area contributed by atoms with Crippen molar-refractivity contribution in [3.8, 4) is 0 Å². The lowest BCUT2D eigenvalue weighted by Gasteiger charge is -2.23. The van der Waals surface area contributed by atoms with Gasteiger partial charge < -0.3 is 10.1 Å². The van der Waals surface area contributed by atoms with Crippen molar-refractivity contribution in [3.05, 3.63) is 22.4 Å². The Bertz CT molecular complexity index is 293. The van der Waals surface area contributed by atoms with Crippen LogP contribution in [-0.2, 0) is 4.74 Å². The van der Waals surface area contributed by atoms with Crippen LogP contribution in [0.3, 0.4) is 0 Å². The number of hydrogen-bond donors (Lipinski definition) is 1. The molecule has 0 radical (unpaired) electrons. The summed E-state index contributed by atoms with van der Waals surface area (Å²) in [5, 5.41) is 5.69. The quantitative estimate of drug-likeness (QED) is 0.780. The number of rotatable bonds is 6. The zero-order valence-corrected chi connectivity index (χ0v) is 11.5. The Labute approximate surface area is 108 Å². The summed E-state index contributed by atoms with van der Waals surface area (Å²) < 4.78 is 5.86. The van der Waals surface area contributed by atoms with Gasteiger partial charge in [-0.3, -0.25) is 0 Å². The number of ether oxygens (including phenoxy) is 1. The predicted molar refractivity (Wildman–Crippen MR) is 73.6 cm³/mol. The smallest absolute Gasteiger partial charge is 0.0888 e. The molecule has 0 spiro atoms. The van der Waals surface area contributed by atoms with Gasteiger partial charge in [-0.2, -0.15) is 0 Å². The van der Waals surface area contributed by atoms with E-state index < -0.39 is 0 Å². The van der Waals surface area contributed by atoms with Crippen LogP contribution < -0.4 is 5.32 Å². The molecule has 0 bridgehead atoms. The Morgan fingerprint density at radius 2 is 2.47 bits per heavy atom. The highest BCUT2D eigenvalue weighted by Crippen LogP contribution is 2.22. The average Bonchev–Trinajstić information content (AvgIpc) is 2.89. The molecule has 3 heteroatoms. The van der Waals surface area contributed by atoms with Gasteiger partial charge in [0.05, 0.1) is 6.10 Å². The SMILES string of the molecule is CC(OCCCC1CCCCN1)c1cccs1. The van der Waals surface area contributed by atoms with E-state index in [0.29, 0.717) is 0 Å². The summed E-state index contributed by atoms with van der Waals surface area (Å²) in [6, 6.07) is 4.98. The van der Waals surface area contributed by atoms with E-state index in [4.69, 9.17) is 4.74 Å². The Kier molecular flexibility index (Phi) is 5.49. The zero-order valence-electron chi connectivity index (χ0n) is 10.7. The molecule has 2 atom stereocenters. The molecule has 0 saturated carbocycles. The third kappa shape index (κ3) is 4.41. The first-order valence-corrected chi connectivity index (χ1v) is 7.62. The van der Waals surface area contributed by atoms with Gasteiger partial charge in [-0.25, -0.2) is 0 Å². The van der Waals surface area contributed by atoms with Gasteiger partial charge in [-0.1, -0.05) is 12.5 Å². The third-order valence-corrected chi connectivity index (χ3v) is 4.45. The maximum absolute atomic E-state index is 5.86. The molecule has 2 unspecified atom stereocenters. The predicted octanol–water partition coefficient (Wildman–Crippen LogP) is 3.75. The molecular weight excluding hydrogens is 230 g/mol. The molecule has 2 rings (SSSR count). The van der Waals surface area contributed by atoms with Gasteiger partial charge >= 0.3 is 0 Å². The van der Waals surface area contributed by atoms with Crippen LogP contribution in [0.1, 0.15) is 50.0 Å². The number of nitrogens with one attached hydrogen (secondary N) is 1. The van der Waals surface area contributed by atoms with Crippen LogP contribution in [0.25, 0.3) is 0 Å². The zero-order chi connectivity index (χ0) is 11.9. The highest BCUT2D eigenvalue weighted by Gasteiger charge is 2.12. The fourth-order valence-electron chi connectivity index (χ4n) is 2.36. The molecule has 0 aromatic carbocycles. The third-order valence-electron chi connectivity index (χ3n) is 3.42. The number of hydrogen-bond acceptors (Lipinski definition) is 3. The number of piperidine rings is 1. The van der Waals surface area contributed by atoms with E-state index in [-0.39, 0.29) is 6.10 Å². The van der Waals surface area contributed by atoms with Crippen molar-refractivity contribution in [2.45, 2.75) is 51.2 Å². The molecule has 0 amide bonds. The molecule has 1 aromatic rings. The Balaban J connectivity index is 1.56. The summed E-state index contributed by atoms with van der Waals surface area (Å²) in [5.41, 5.74) is 0. The van der Waals surface area contributed by atoms with Crippen molar-refractivity contribution in [3.63, 3.8) is 0 Å². The fourth-order valence-corrected chi connectivity index (χ4v) is 3.10. The Hall–Kier alpha value is -0.380. The maximum Gasteiger partial charge on any atom is 0.0888 e. The minimum Gasteiger partial charge on any atom is -0.373 e. The van der Waals surface area contributed by atoms with Crippen LogP contribution in [0.4, 0.5) is 0 Å². The Morgan fingerprint density at radius 3 is 3.18 bits per heavy atom. The van der Waals surface area contributed by atoms with Crippen LogP contribution in [0.15, 0.2) is 17.5 Å². The molecule has 96 valence electrons. The molecule has 1 aliphatic heterocycles. The van der Waals surface area contributed by atoms with Crippen LogP contribution in [0, 0.1) is 0 Å². The lowest BCUT2D eigenvalue weighted by atomic mass is 10.0. The van der Waals surface area contributed by atoms with Crippen molar-refractivity contribution in [2.75, 3.05) is 13.2 Å². The molecule has 17 heavy (non-hydrogen) atoms. The van der Waals surface area contributed by atoms with Crippen molar-refractivity contribution in [2.24, 2.45) is 0 Å². The van der Waals surface area contributed by atoms with E-state index in [9.17, 15) is 0 Å². The largest absolute Gasteiger partial charge is 0.373 e. The Morgan fingerprint density at radius 1 is 1.53 bits per heavy atom. The van der Waals surface area contributed by atoms with Crippen LogP contribution in [0.5, 0.6) is 0 Å². The van der Waals surface area contributed by atoms with Crippen molar-refractivity contribution in [1.82, 2.24) is 5.32 Å². The van der Waals surface area contributed by atoms with E-state index in [1.807, 2.05) is 0 Å². The number of thiophene rings is 1. The van der Waals surface area contributed by atoms with E-state index >= 15 is 0 Å². The first-order chi connectivity index (χ1) is 8.36. The molecule has 2 nitrogen and oxygen atoms in total. The second-order valence-corrected chi connectivity index (χ2v) is 5.80. The second-order valence-electron chi connectivity index (χ2n) is 4.82. The summed E-state index contributed by atoms with van der Waals surface area (Å²) in [6.07, 6.45) is 6.78. The van der Waals surface area contributed by atoms with Crippen molar-refractivity contribution in [1.29, 1.82) is 0 Å². The summed E-state index contributed by atoms with van der Waals surface area (Å²) in [5.74, 6) is 0. The van der Waals surface area contributed by atoms with E-state index in [2.05, 4.69) is 29.8 Å². The van der Waals surface area contributed by atoms with Gasteiger partial charge in [0.2, 0.25) is 0 Å². The van der Waals surface area contributed by atoms with Gasteiger partial charge in [0.25, 0.3) is 0 Å². The normalized spacial score (nSPS) is 22.5. The minimum atomic E-state index is 0.259. The van der Waals surface area contributed by atoms with E-state index in [1.165, 1.54) is 43.5 Å². The first-order valence-electron chi connectivity index (χ1n) is 6.74. The molecule has 2 heterocycles. The summed E-state index contributed by atoms with van der Waals surface area (Å²) in [6.45, 7) is 4.24. The van der Waals surface area contributed by atoms with Gasteiger partial charge in [-0.15, -0.1) is 11.3 Å². The minimum absolute atomic E-state index is 0.259. The second kappa shape index (κ2) is 7.14. The topological polar surface area (TPSA) is 21.3 Å². The van der Waals surface area contributed by atoms with Crippen LogP contribution in [-0.4, -0.2) is 19.2 Å². The van der Waals surface area contributed by atoms with Gasteiger partial charge in [-0.05, 0) is 50.6 Å². The summed E-state index contributed by atoms with van der Waals surface area (Å²) >= 11 is 1.78. The summed E-state index contributed by atoms with van der Waals surface area (Å²) in [4.78, 5) is 1.33. The first kappa shape index (κ1) is 13.1. The standard InChI is InChI=1S/C14H23NOS/c1-12(14-8-5-11-17-14)16-10-4-7-13-6-2-3-9-15-13/h5,8,11-13,15H,2-4,6-7,9-10H2,1H3. The fraction of sp³-hybridized carbons (Fsp3) is 0.714. The van der Waals surface area contributed by atoms with Crippen LogP contribution in [0.2, 0.25) is 0 Å². The highest BCUT2D eigenvalue weighted by molar-refractivity contribution is 7.10. The van der Waals surface area contributed by atoms with Gasteiger partial charge in [0, 0.05) is 17.5 Å². The molecule has 1 N–H and O–H groups in total. The summed E-state index contributed by atoms with van der Waals surface area (Å²) in [7, 11) is 0. The molecule has 0 aliphatic carbocycles. The van der Waals surface area contributed by atoms with E-state index in [0.717, 1.165) is 12.6 Å². The van der Waals surface area contributed by atoms with Crippen molar-refractivity contribution >= 4 is 11.3 Å². The molecule has 1 fully saturated rings. The highest BCUT2D eigenvalue weighted by atomic mass is 32.1.